The van der Waals surface area contributed by atoms with Crippen LogP contribution in [0.15, 0.2) is 35.2 Å². The highest BCUT2D eigenvalue weighted by Gasteiger charge is 2.37. The minimum atomic E-state index is -4.92. The van der Waals surface area contributed by atoms with Crippen LogP contribution in [-0.4, -0.2) is 32.8 Å². The first-order chi connectivity index (χ1) is 10.7. The summed E-state index contributed by atoms with van der Waals surface area (Å²) in [5.41, 5.74) is 0.531. The van der Waals surface area contributed by atoms with Crippen molar-refractivity contribution < 1.29 is 26.4 Å². The number of hydrogen-bond donors (Lipinski definition) is 1. The molecule has 0 unspecified atom stereocenters. The van der Waals surface area contributed by atoms with Crippen LogP contribution in [0.2, 0.25) is 0 Å². The van der Waals surface area contributed by atoms with Crippen LogP contribution < -0.4 is 5.32 Å². The fourth-order valence-electron chi connectivity index (χ4n) is 1.71. The molecule has 0 atom stereocenters. The molecule has 0 aliphatic rings. The average molecular weight is 349 g/mol. The number of rotatable bonds is 7. The van der Waals surface area contributed by atoms with Gasteiger partial charge < -0.3 is 5.32 Å². The number of carbonyl (C=O) groups is 1. The Labute approximate surface area is 133 Å². The Balaban J connectivity index is 2.71. The van der Waals surface area contributed by atoms with Gasteiger partial charge in [0.15, 0.2) is 9.84 Å². The van der Waals surface area contributed by atoms with E-state index in [0.29, 0.717) is 12.0 Å². The van der Waals surface area contributed by atoms with Gasteiger partial charge in [-0.05, 0) is 24.1 Å². The summed E-state index contributed by atoms with van der Waals surface area (Å²) in [5, 5.41) is 1.70. The maximum atomic E-state index is 12.1. The van der Waals surface area contributed by atoms with Crippen LogP contribution in [0.4, 0.5) is 13.2 Å². The summed E-state index contributed by atoms with van der Waals surface area (Å²) in [6, 6.07) is 6.12. The molecule has 8 heteroatoms. The number of carbonyl (C=O) groups excluding carboxylic acids is 1. The van der Waals surface area contributed by atoms with Crippen molar-refractivity contribution in [1.29, 1.82) is 0 Å². The number of hydrogen-bond acceptors (Lipinski definition) is 3. The topological polar surface area (TPSA) is 63.2 Å². The maximum Gasteiger partial charge on any atom is 0.471 e. The quantitative estimate of drug-likeness (QED) is 0.823. The molecule has 0 heterocycles. The van der Waals surface area contributed by atoms with Gasteiger partial charge in [-0.3, -0.25) is 4.79 Å². The summed E-state index contributed by atoms with van der Waals surface area (Å²) < 4.78 is 60.1. The van der Waals surface area contributed by atoms with Crippen molar-refractivity contribution in [2.24, 2.45) is 0 Å². The predicted molar refractivity (Wildman–Crippen MR) is 81.5 cm³/mol. The van der Waals surface area contributed by atoms with Crippen molar-refractivity contribution in [3.8, 4) is 0 Å². The molecular formula is C15H18F3NO3S. The van der Waals surface area contributed by atoms with Gasteiger partial charge in [0.2, 0.25) is 0 Å². The molecular weight excluding hydrogens is 331 g/mol. The fraction of sp³-hybridized carbons (Fsp3) is 0.400. The van der Waals surface area contributed by atoms with Crippen LogP contribution in [0.5, 0.6) is 0 Å². The molecule has 1 N–H and O–H groups in total. The van der Waals surface area contributed by atoms with Crippen molar-refractivity contribution in [1.82, 2.24) is 5.32 Å². The predicted octanol–water partition coefficient (Wildman–Crippen LogP) is 2.95. The SMILES string of the molecule is CCCCS(=O)(=O)c1cccc(/C=C/CNC(=O)C(F)(F)F)c1. The van der Waals surface area contributed by atoms with E-state index in [0.717, 1.165) is 6.42 Å². The smallest absolute Gasteiger partial charge is 0.345 e. The third kappa shape index (κ3) is 6.43. The summed E-state index contributed by atoms with van der Waals surface area (Å²) in [5.74, 6) is -1.96. The third-order valence-corrected chi connectivity index (χ3v) is 4.73. The molecule has 0 bridgehead atoms. The van der Waals surface area contributed by atoms with Gasteiger partial charge in [0.1, 0.15) is 0 Å². The van der Waals surface area contributed by atoms with E-state index in [1.807, 2.05) is 6.92 Å². The molecule has 0 radical (unpaired) electrons. The van der Waals surface area contributed by atoms with Crippen LogP contribution in [0.3, 0.4) is 0 Å². The molecule has 23 heavy (non-hydrogen) atoms. The first kappa shape index (κ1) is 19.2. The summed E-state index contributed by atoms with van der Waals surface area (Å²) in [6.45, 7) is 1.59. The van der Waals surface area contributed by atoms with Crippen LogP contribution in [-0.2, 0) is 14.6 Å². The first-order valence-corrected chi connectivity index (χ1v) is 8.66. The van der Waals surface area contributed by atoms with E-state index in [-0.39, 0.29) is 17.2 Å². The van der Waals surface area contributed by atoms with E-state index in [4.69, 9.17) is 0 Å². The Bertz CT molecular complexity index is 667. The van der Waals surface area contributed by atoms with E-state index in [9.17, 15) is 26.4 Å². The largest absolute Gasteiger partial charge is 0.471 e. The number of alkyl halides is 3. The number of sulfone groups is 1. The molecule has 1 aromatic carbocycles. The van der Waals surface area contributed by atoms with Gasteiger partial charge in [0.05, 0.1) is 10.6 Å². The highest BCUT2D eigenvalue weighted by Crippen LogP contribution is 2.16. The number of nitrogens with one attached hydrogen (secondary N) is 1. The average Bonchev–Trinajstić information content (AvgIpc) is 2.48. The molecule has 0 aliphatic heterocycles. The summed E-state index contributed by atoms with van der Waals surface area (Å²) in [4.78, 5) is 10.8. The summed E-state index contributed by atoms with van der Waals surface area (Å²) in [6.07, 6.45) is -0.818. The second-order valence-corrected chi connectivity index (χ2v) is 6.96. The number of amides is 1. The maximum absolute atomic E-state index is 12.1. The molecule has 0 spiro atoms. The number of unbranched alkanes of at least 4 members (excludes halogenated alkanes) is 1. The van der Waals surface area contributed by atoms with Crippen molar-refractivity contribution in [2.75, 3.05) is 12.3 Å². The molecule has 1 amide bonds. The lowest BCUT2D eigenvalue weighted by atomic mass is 10.2. The number of benzene rings is 1. The lowest BCUT2D eigenvalue weighted by Gasteiger charge is -2.06. The van der Waals surface area contributed by atoms with Gasteiger partial charge in [0.25, 0.3) is 0 Å². The fourth-order valence-corrected chi connectivity index (χ4v) is 3.22. The lowest BCUT2D eigenvalue weighted by molar-refractivity contribution is -0.173. The van der Waals surface area contributed by atoms with Gasteiger partial charge >= 0.3 is 12.1 Å². The van der Waals surface area contributed by atoms with E-state index < -0.39 is 21.9 Å². The zero-order chi connectivity index (χ0) is 17.5. The standard InChI is InChI=1S/C15H18F3NO3S/c1-2-3-10-23(21,22)13-8-4-6-12(11-13)7-5-9-19-14(20)15(16,17)18/h4-8,11H,2-3,9-10H2,1H3,(H,19,20)/b7-5+. The van der Waals surface area contributed by atoms with Crippen molar-refractivity contribution in [2.45, 2.75) is 30.8 Å². The lowest BCUT2D eigenvalue weighted by Crippen LogP contribution is -2.36. The van der Waals surface area contributed by atoms with Gasteiger partial charge in [0, 0.05) is 6.54 Å². The van der Waals surface area contributed by atoms with Crippen molar-refractivity contribution >= 4 is 21.8 Å². The molecule has 1 aromatic rings. The molecule has 4 nitrogen and oxygen atoms in total. The van der Waals surface area contributed by atoms with Gasteiger partial charge in [-0.15, -0.1) is 0 Å². The first-order valence-electron chi connectivity index (χ1n) is 7.01. The Kier molecular flexibility index (Phi) is 6.80. The van der Waals surface area contributed by atoms with Crippen LogP contribution in [0.25, 0.3) is 6.08 Å². The normalized spacial score (nSPS) is 12.5. The molecule has 0 aliphatic carbocycles. The Morgan fingerprint density at radius 2 is 2.00 bits per heavy atom. The summed E-state index contributed by atoms with van der Waals surface area (Å²) in [7, 11) is -3.36. The van der Waals surface area contributed by atoms with Gasteiger partial charge in [-0.2, -0.15) is 13.2 Å². The molecule has 0 fully saturated rings. The second kappa shape index (κ2) is 8.14. The van der Waals surface area contributed by atoms with Crippen LogP contribution >= 0.6 is 0 Å². The monoisotopic (exact) mass is 349 g/mol. The molecule has 0 saturated heterocycles. The van der Waals surface area contributed by atoms with E-state index in [1.165, 1.54) is 24.3 Å². The van der Waals surface area contributed by atoms with E-state index >= 15 is 0 Å². The van der Waals surface area contributed by atoms with E-state index in [2.05, 4.69) is 0 Å². The Hall–Kier alpha value is -1.83. The third-order valence-electron chi connectivity index (χ3n) is 2.93. The molecule has 1 rings (SSSR count). The Morgan fingerprint density at radius 3 is 2.61 bits per heavy atom. The number of halogens is 3. The molecule has 0 aromatic heterocycles. The molecule has 128 valence electrons. The summed E-state index contributed by atoms with van der Waals surface area (Å²) >= 11 is 0. The van der Waals surface area contributed by atoms with Crippen LogP contribution in [0.1, 0.15) is 25.3 Å². The van der Waals surface area contributed by atoms with Crippen LogP contribution in [0, 0.1) is 0 Å². The van der Waals surface area contributed by atoms with Gasteiger partial charge in [-0.25, -0.2) is 8.42 Å². The minimum absolute atomic E-state index is 0.0539. The highest BCUT2D eigenvalue weighted by molar-refractivity contribution is 7.91. The van der Waals surface area contributed by atoms with E-state index in [1.54, 1.807) is 17.4 Å². The highest BCUT2D eigenvalue weighted by atomic mass is 32.2. The zero-order valence-electron chi connectivity index (χ0n) is 12.6. The van der Waals surface area contributed by atoms with Crippen molar-refractivity contribution in [3.05, 3.63) is 35.9 Å². The zero-order valence-corrected chi connectivity index (χ0v) is 13.4. The minimum Gasteiger partial charge on any atom is -0.345 e. The second-order valence-electron chi connectivity index (χ2n) is 4.86. The Morgan fingerprint density at radius 1 is 1.30 bits per heavy atom. The molecule has 0 saturated carbocycles. The van der Waals surface area contributed by atoms with Gasteiger partial charge in [-0.1, -0.05) is 37.6 Å². The van der Waals surface area contributed by atoms with Crippen molar-refractivity contribution in [3.63, 3.8) is 0 Å².